The summed E-state index contributed by atoms with van der Waals surface area (Å²) in [6.45, 7) is 11.9. The lowest BCUT2D eigenvalue weighted by atomic mass is 10.0. The van der Waals surface area contributed by atoms with Gasteiger partial charge in [-0.05, 0) is 43.4 Å². The number of hydrogen-bond donors (Lipinski definition) is 3. The molecule has 0 amide bonds. The van der Waals surface area contributed by atoms with Crippen molar-refractivity contribution in [3.8, 4) is 0 Å². The van der Waals surface area contributed by atoms with Gasteiger partial charge in [-0.25, -0.2) is 9.13 Å². The second-order valence-corrected chi connectivity index (χ2v) is 34.2. The summed E-state index contributed by atoms with van der Waals surface area (Å²) in [5, 5.41) is 10.7. The first-order valence-corrected chi connectivity index (χ1v) is 45.8. The molecular formula is C83H162O17P2. The van der Waals surface area contributed by atoms with Crippen LogP contribution >= 0.6 is 15.6 Å². The average molecular weight is 1490 g/mol. The zero-order valence-corrected chi connectivity index (χ0v) is 68.9. The van der Waals surface area contributed by atoms with Gasteiger partial charge in [-0.1, -0.05) is 382 Å². The summed E-state index contributed by atoms with van der Waals surface area (Å²) < 4.78 is 68.8. The summed E-state index contributed by atoms with van der Waals surface area (Å²) in [7, 11) is -9.92. The Kier molecular flexibility index (Phi) is 71.8. The van der Waals surface area contributed by atoms with Crippen molar-refractivity contribution >= 4 is 39.5 Å². The van der Waals surface area contributed by atoms with Gasteiger partial charge in [0.25, 0.3) is 0 Å². The molecule has 0 aliphatic heterocycles. The molecule has 0 heterocycles. The topological polar surface area (TPSA) is 237 Å². The molecule has 0 bridgehead atoms. The summed E-state index contributed by atoms with van der Waals surface area (Å²) in [5.74, 6) is 0.192. The Morgan fingerprint density at radius 1 is 0.265 bits per heavy atom. The first-order valence-electron chi connectivity index (χ1n) is 42.8. The summed E-state index contributed by atoms with van der Waals surface area (Å²) in [6, 6.07) is 0. The molecule has 0 fully saturated rings. The van der Waals surface area contributed by atoms with E-state index in [4.69, 9.17) is 37.0 Å². The molecule has 102 heavy (non-hydrogen) atoms. The van der Waals surface area contributed by atoms with E-state index in [0.717, 1.165) is 108 Å². The lowest BCUT2D eigenvalue weighted by Gasteiger charge is -2.21. The first kappa shape index (κ1) is 100. The van der Waals surface area contributed by atoms with Crippen LogP contribution in [-0.4, -0.2) is 96.7 Å². The van der Waals surface area contributed by atoms with Crippen LogP contribution in [0.5, 0.6) is 0 Å². The number of rotatable bonds is 81. The van der Waals surface area contributed by atoms with Crippen LogP contribution in [0.25, 0.3) is 0 Å². The number of phosphoric ester groups is 2. The number of carbonyl (C=O) groups excluding carboxylic acids is 4. The molecule has 0 aromatic carbocycles. The molecule has 0 aliphatic carbocycles. The maximum absolute atomic E-state index is 13.1. The number of unbranched alkanes of at least 4 members (excludes halogenated alkanes) is 49. The third-order valence-corrected chi connectivity index (χ3v) is 21.3. The second kappa shape index (κ2) is 73.2. The maximum atomic E-state index is 13.1. The molecule has 2 unspecified atom stereocenters. The number of phosphoric acid groups is 2. The molecule has 0 aromatic heterocycles. The lowest BCUT2D eigenvalue weighted by molar-refractivity contribution is -0.161. The van der Waals surface area contributed by atoms with Crippen LogP contribution in [0.3, 0.4) is 0 Å². The molecule has 17 nitrogen and oxygen atoms in total. The fraction of sp³-hybridized carbons (Fsp3) is 0.952. The molecule has 606 valence electrons. The Morgan fingerprint density at radius 3 is 0.667 bits per heavy atom. The Balaban J connectivity index is 5.24. The molecule has 3 N–H and O–H groups in total. The number of hydrogen-bond acceptors (Lipinski definition) is 15. The van der Waals surface area contributed by atoms with Crippen molar-refractivity contribution in [2.24, 2.45) is 17.8 Å². The number of aliphatic hydroxyl groups excluding tert-OH is 1. The van der Waals surface area contributed by atoms with Gasteiger partial charge >= 0.3 is 39.5 Å². The molecule has 0 saturated carbocycles. The van der Waals surface area contributed by atoms with Gasteiger partial charge in [0.05, 0.1) is 26.4 Å². The normalized spacial score (nSPS) is 13.9. The third-order valence-electron chi connectivity index (χ3n) is 19.4. The quantitative estimate of drug-likeness (QED) is 0.0222. The average Bonchev–Trinajstić information content (AvgIpc) is 0.990. The highest BCUT2D eigenvalue weighted by molar-refractivity contribution is 7.47. The Labute approximate surface area is 626 Å². The van der Waals surface area contributed by atoms with Gasteiger partial charge in [0, 0.05) is 25.7 Å². The van der Waals surface area contributed by atoms with E-state index in [1.165, 1.54) is 238 Å². The van der Waals surface area contributed by atoms with Crippen LogP contribution < -0.4 is 0 Å². The van der Waals surface area contributed by atoms with Gasteiger partial charge in [-0.2, -0.15) is 0 Å². The van der Waals surface area contributed by atoms with E-state index in [1.54, 1.807) is 0 Å². The van der Waals surface area contributed by atoms with E-state index in [0.29, 0.717) is 31.6 Å². The van der Waals surface area contributed by atoms with Gasteiger partial charge in [0.15, 0.2) is 12.2 Å². The number of esters is 4. The molecule has 0 saturated heterocycles. The van der Waals surface area contributed by atoms with Crippen molar-refractivity contribution in [1.82, 2.24) is 0 Å². The van der Waals surface area contributed by atoms with Gasteiger partial charge in [-0.3, -0.25) is 37.3 Å². The molecule has 0 radical (unpaired) electrons. The highest BCUT2D eigenvalue weighted by atomic mass is 31.2. The molecule has 0 aliphatic rings. The van der Waals surface area contributed by atoms with Crippen molar-refractivity contribution in [1.29, 1.82) is 0 Å². The largest absolute Gasteiger partial charge is 0.472 e. The van der Waals surface area contributed by atoms with Gasteiger partial charge in [0.2, 0.25) is 0 Å². The zero-order chi connectivity index (χ0) is 75.1. The zero-order valence-electron chi connectivity index (χ0n) is 67.1. The van der Waals surface area contributed by atoms with E-state index in [2.05, 4.69) is 48.5 Å². The second-order valence-electron chi connectivity index (χ2n) is 31.3. The highest BCUT2D eigenvalue weighted by Crippen LogP contribution is 2.45. The highest BCUT2D eigenvalue weighted by Gasteiger charge is 2.30. The minimum atomic E-state index is -4.96. The van der Waals surface area contributed by atoms with Crippen molar-refractivity contribution in [3.05, 3.63) is 0 Å². The van der Waals surface area contributed by atoms with Crippen LogP contribution in [0.2, 0.25) is 0 Å². The summed E-state index contributed by atoms with van der Waals surface area (Å²) in [4.78, 5) is 73.1. The third kappa shape index (κ3) is 76.3. The van der Waals surface area contributed by atoms with Crippen molar-refractivity contribution in [2.75, 3.05) is 39.6 Å². The van der Waals surface area contributed by atoms with E-state index < -0.39 is 97.5 Å². The molecule has 5 atom stereocenters. The fourth-order valence-corrected chi connectivity index (χ4v) is 14.4. The van der Waals surface area contributed by atoms with Crippen LogP contribution in [-0.2, 0) is 65.4 Å². The molecular weight excluding hydrogens is 1330 g/mol. The van der Waals surface area contributed by atoms with E-state index in [-0.39, 0.29) is 25.7 Å². The van der Waals surface area contributed by atoms with E-state index in [1.807, 2.05) is 0 Å². The Bertz CT molecular complexity index is 1970. The minimum absolute atomic E-state index is 0.106. The SMILES string of the molecule is CCCCCCCCCCCCCCCCCCCC(=O)OC[C@H](COP(=O)(O)OC[C@@H](O)COP(=O)(O)OC[C@@H](COC(=O)CCCCCCCCCC(C)C)OC(=O)CCCCCCCCCCCCCCCC(C)C)OC(=O)CCCCCCCCCCCCCCCCCCC(C)C. The van der Waals surface area contributed by atoms with Crippen LogP contribution in [0, 0.1) is 17.8 Å². The predicted molar refractivity (Wildman–Crippen MR) is 418 cm³/mol. The molecule has 19 heteroatoms. The summed E-state index contributed by atoms with van der Waals surface area (Å²) in [5.41, 5.74) is 0. The van der Waals surface area contributed by atoms with Gasteiger partial charge in [0.1, 0.15) is 19.3 Å². The van der Waals surface area contributed by atoms with E-state index >= 15 is 0 Å². The van der Waals surface area contributed by atoms with Crippen LogP contribution in [0.1, 0.15) is 434 Å². The first-order chi connectivity index (χ1) is 49.2. The Hall–Kier alpha value is -1.94. The smallest absolute Gasteiger partial charge is 0.462 e. The number of carbonyl (C=O) groups is 4. The Morgan fingerprint density at radius 2 is 0.451 bits per heavy atom. The maximum Gasteiger partial charge on any atom is 0.472 e. The fourth-order valence-electron chi connectivity index (χ4n) is 12.8. The molecule has 0 rings (SSSR count). The van der Waals surface area contributed by atoms with Crippen molar-refractivity contribution < 1.29 is 80.2 Å². The molecule has 0 aromatic rings. The summed E-state index contributed by atoms with van der Waals surface area (Å²) >= 11 is 0. The summed E-state index contributed by atoms with van der Waals surface area (Å²) in [6.07, 6.45) is 62.5. The lowest BCUT2D eigenvalue weighted by Crippen LogP contribution is -2.30. The van der Waals surface area contributed by atoms with Crippen LogP contribution in [0.15, 0.2) is 0 Å². The number of aliphatic hydroxyl groups is 1. The minimum Gasteiger partial charge on any atom is -0.462 e. The van der Waals surface area contributed by atoms with E-state index in [9.17, 15) is 43.2 Å². The number of ether oxygens (including phenoxy) is 4. The van der Waals surface area contributed by atoms with Crippen LogP contribution in [0.4, 0.5) is 0 Å². The van der Waals surface area contributed by atoms with Crippen molar-refractivity contribution in [2.45, 2.75) is 452 Å². The predicted octanol–water partition coefficient (Wildman–Crippen LogP) is 24.9. The van der Waals surface area contributed by atoms with Gasteiger partial charge < -0.3 is 33.8 Å². The molecule has 0 spiro atoms. The monoisotopic (exact) mass is 1490 g/mol. The van der Waals surface area contributed by atoms with Crippen molar-refractivity contribution in [3.63, 3.8) is 0 Å². The van der Waals surface area contributed by atoms with Gasteiger partial charge in [-0.15, -0.1) is 0 Å². The standard InChI is InChI=1S/C83H162O17P2/c1-8-9-10-11-12-13-14-15-16-17-21-26-31-36-43-50-57-64-80(85)93-70-78(99-82(87)66-59-52-44-37-32-27-22-19-18-20-24-29-34-40-47-54-61-74(2)3)72-97-101(89,90)95-68-77(84)69-96-102(91,92)98-73-79(71-94-81(86)65-58-51-46-39-42-49-56-63-76(6)7)100-83(88)67-60-53-45-38-33-28-23-25-30-35-41-48-55-62-75(4)5/h74-79,84H,8-73H2,1-7H3,(H,89,90)(H,91,92)/t77-,78-,79-/m1/s1.